The summed E-state index contributed by atoms with van der Waals surface area (Å²) >= 11 is 0. The lowest BCUT2D eigenvalue weighted by molar-refractivity contribution is 0.171. The molecule has 1 unspecified atom stereocenters. The monoisotopic (exact) mass is 287 g/mol. The first-order chi connectivity index (χ1) is 9.03. The Labute approximate surface area is 112 Å². The summed E-state index contributed by atoms with van der Waals surface area (Å²) in [6.45, 7) is 1.08. The van der Waals surface area contributed by atoms with Crippen LogP contribution in [0, 0.1) is 0 Å². The Morgan fingerprint density at radius 1 is 1.32 bits per heavy atom. The number of nitrogens with two attached hydrogens (primary N) is 1. The van der Waals surface area contributed by atoms with E-state index in [-0.39, 0.29) is 17.3 Å². The highest BCUT2D eigenvalue weighted by atomic mass is 32.2. The van der Waals surface area contributed by atoms with Gasteiger partial charge in [0.25, 0.3) is 0 Å². The van der Waals surface area contributed by atoms with Crippen molar-refractivity contribution in [2.45, 2.75) is 10.9 Å². The maximum Gasteiger partial charge on any atom is 0.180 e. The molecule has 2 N–H and O–H groups in total. The van der Waals surface area contributed by atoms with E-state index in [9.17, 15) is 8.42 Å². The average molecular weight is 287 g/mol. The van der Waals surface area contributed by atoms with Crippen molar-refractivity contribution in [3.63, 3.8) is 0 Å². The van der Waals surface area contributed by atoms with Gasteiger partial charge in [0.05, 0.1) is 17.3 Å². The molecule has 1 aliphatic heterocycles. The van der Waals surface area contributed by atoms with Gasteiger partial charge in [-0.25, -0.2) is 8.42 Å². The maximum atomic E-state index is 12.2. The maximum absolute atomic E-state index is 12.2. The summed E-state index contributed by atoms with van der Waals surface area (Å²) in [5, 5.41) is 0. The molecule has 0 aliphatic carbocycles. The summed E-state index contributed by atoms with van der Waals surface area (Å²) in [5.74, 6) is 0.847. The topological polar surface area (TPSA) is 87.9 Å². The third kappa shape index (κ3) is 3.37. The highest BCUT2D eigenvalue weighted by molar-refractivity contribution is 7.91. The molecule has 1 aromatic carbocycles. The second kappa shape index (κ2) is 5.77. The normalized spacial score (nSPS) is 16.1. The zero-order chi connectivity index (χ0) is 13.9. The first-order valence-electron chi connectivity index (χ1n) is 5.90. The first-order valence-corrected chi connectivity index (χ1v) is 7.55. The summed E-state index contributed by atoms with van der Waals surface area (Å²) in [7, 11) is -1.97. The molecular formula is C12H17NO5S. The quantitative estimate of drug-likeness (QED) is 0.832. The number of ether oxygens (including phenoxy) is 3. The van der Waals surface area contributed by atoms with E-state index in [1.54, 1.807) is 6.07 Å². The number of sulfone groups is 1. The van der Waals surface area contributed by atoms with Gasteiger partial charge in [-0.2, -0.15) is 0 Å². The van der Waals surface area contributed by atoms with Crippen LogP contribution >= 0.6 is 0 Å². The molecule has 1 aliphatic rings. The number of benzene rings is 1. The minimum atomic E-state index is -3.46. The van der Waals surface area contributed by atoms with E-state index in [0.29, 0.717) is 24.7 Å². The van der Waals surface area contributed by atoms with Gasteiger partial charge >= 0.3 is 0 Å². The number of rotatable bonds is 5. The highest BCUT2D eigenvalue weighted by Gasteiger charge is 2.22. The van der Waals surface area contributed by atoms with Gasteiger partial charge in [-0.15, -0.1) is 0 Å². The zero-order valence-electron chi connectivity index (χ0n) is 10.7. The molecule has 1 aromatic rings. The lowest BCUT2D eigenvalue weighted by atomic mass is 10.3. The fraction of sp³-hybridized carbons (Fsp3) is 0.500. The van der Waals surface area contributed by atoms with Crippen molar-refractivity contribution in [2.75, 3.05) is 32.7 Å². The Hall–Kier alpha value is -1.31. The third-order valence-electron chi connectivity index (χ3n) is 2.69. The van der Waals surface area contributed by atoms with Gasteiger partial charge in [0.1, 0.15) is 13.2 Å². The fourth-order valence-electron chi connectivity index (χ4n) is 1.86. The van der Waals surface area contributed by atoms with E-state index < -0.39 is 15.9 Å². The number of hydrogen-bond donors (Lipinski definition) is 1. The van der Waals surface area contributed by atoms with Crippen molar-refractivity contribution in [1.82, 2.24) is 0 Å². The van der Waals surface area contributed by atoms with Crippen LogP contribution in [0.25, 0.3) is 0 Å². The predicted molar refractivity (Wildman–Crippen MR) is 69.3 cm³/mol. The van der Waals surface area contributed by atoms with Gasteiger partial charge in [0.15, 0.2) is 21.3 Å². The smallest absolute Gasteiger partial charge is 0.180 e. The van der Waals surface area contributed by atoms with Crippen molar-refractivity contribution >= 4 is 9.84 Å². The van der Waals surface area contributed by atoms with Crippen molar-refractivity contribution in [3.05, 3.63) is 18.2 Å². The van der Waals surface area contributed by atoms with E-state index in [1.165, 1.54) is 19.2 Å². The largest absolute Gasteiger partial charge is 0.486 e. The Morgan fingerprint density at radius 3 is 2.68 bits per heavy atom. The van der Waals surface area contributed by atoms with Gasteiger partial charge in [-0.3, -0.25) is 0 Å². The Bertz CT molecular complexity index is 543. The lowest BCUT2D eigenvalue weighted by Crippen LogP contribution is -2.33. The Morgan fingerprint density at radius 2 is 2.00 bits per heavy atom. The van der Waals surface area contributed by atoms with E-state index in [4.69, 9.17) is 19.9 Å². The van der Waals surface area contributed by atoms with Gasteiger partial charge in [-0.05, 0) is 12.1 Å². The van der Waals surface area contributed by atoms with Crippen molar-refractivity contribution in [2.24, 2.45) is 5.73 Å². The van der Waals surface area contributed by atoms with Crippen LogP contribution in [-0.4, -0.2) is 47.1 Å². The predicted octanol–water partition coefficient (Wildman–Crippen LogP) is 0.205. The summed E-state index contributed by atoms with van der Waals surface area (Å²) < 4.78 is 39.9. The van der Waals surface area contributed by atoms with Crippen LogP contribution < -0.4 is 15.2 Å². The van der Waals surface area contributed by atoms with Crippen LogP contribution in [0.4, 0.5) is 0 Å². The fourth-order valence-corrected chi connectivity index (χ4v) is 3.27. The molecule has 0 saturated heterocycles. The first kappa shape index (κ1) is 14.1. The SMILES string of the molecule is COCC(N)CS(=O)(=O)c1ccc2c(c1)OCCO2. The molecule has 0 fully saturated rings. The van der Waals surface area contributed by atoms with Gasteiger partial charge in [0.2, 0.25) is 0 Å². The molecule has 7 heteroatoms. The van der Waals surface area contributed by atoms with E-state index in [2.05, 4.69) is 0 Å². The van der Waals surface area contributed by atoms with Gasteiger partial charge < -0.3 is 19.9 Å². The molecule has 19 heavy (non-hydrogen) atoms. The molecule has 0 radical (unpaired) electrons. The zero-order valence-corrected chi connectivity index (χ0v) is 11.5. The van der Waals surface area contributed by atoms with Crippen LogP contribution in [0.5, 0.6) is 11.5 Å². The van der Waals surface area contributed by atoms with E-state index in [0.717, 1.165) is 0 Å². The van der Waals surface area contributed by atoms with Crippen LogP contribution in [0.2, 0.25) is 0 Å². The Kier molecular flexibility index (Phi) is 4.28. The van der Waals surface area contributed by atoms with Gasteiger partial charge in [0, 0.05) is 19.2 Å². The molecule has 0 aromatic heterocycles. The molecular weight excluding hydrogens is 270 g/mol. The summed E-state index contributed by atoms with van der Waals surface area (Å²) in [6, 6.07) is 4.03. The van der Waals surface area contributed by atoms with Crippen molar-refractivity contribution < 1.29 is 22.6 Å². The standard InChI is InChI=1S/C12H17NO5S/c1-16-7-9(13)8-19(14,15)10-2-3-11-12(6-10)18-5-4-17-11/h2-3,6,9H,4-5,7-8,13H2,1H3. The van der Waals surface area contributed by atoms with Gasteiger partial charge in [-0.1, -0.05) is 0 Å². The molecule has 1 atom stereocenters. The number of fused-ring (bicyclic) bond motifs is 1. The molecule has 106 valence electrons. The summed E-state index contributed by atoms with van der Waals surface area (Å²) in [5.41, 5.74) is 5.69. The second-order valence-electron chi connectivity index (χ2n) is 4.30. The van der Waals surface area contributed by atoms with E-state index in [1.807, 2.05) is 0 Å². The molecule has 0 bridgehead atoms. The Balaban J connectivity index is 2.21. The van der Waals surface area contributed by atoms with Crippen molar-refractivity contribution in [1.29, 1.82) is 0 Å². The van der Waals surface area contributed by atoms with Crippen LogP contribution in [0.1, 0.15) is 0 Å². The molecule has 1 heterocycles. The number of methoxy groups -OCH3 is 1. The number of hydrogen-bond acceptors (Lipinski definition) is 6. The highest BCUT2D eigenvalue weighted by Crippen LogP contribution is 2.32. The average Bonchev–Trinajstić information content (AvgIpc) is 2.37. The minimum absolute atomic E-state index is 0.166. The molecule has 0 amide bonds. The summed E-state index contributed by atoms with van der Waals surface area (Å²) in [4.78, 5) is 0.184. The molecule has 2 rings (SSSR count). The molecule has 0 saturated carbocycles. The third-order valence-corrected chi connectivity index (χ3v) is 4.53. The van der Waals surface area contributed by atoms with Crippen LogP contribution in [0.3, 0.4) is 0 Å². The minimum Gasteiger partial charge on any atom is -0.486 e. The van der Waals surface area contributed by atoms with Crippen LogP contribution in [0.15, 0.2) is 23.1 Å². The molecule has 6 nitrogen and oxygen atoms in total. The lowest BCUT2D eigenvalue weighted by Gasteiger charge is -2.19. The van der Waals surface area contributed by atoms with Crippen molar-refractivity contribution in [3.8, 4) is 11.5 Å². The second-order valence-corrected chi connectivity index (χ2v) is 6.34. The van der Waals surface area contributed by atoms with Crippen LogP contribution in [-0.2, 0) is 14.6 Å². The van der Waals surface area contributed by atoms with E-state index >= 15 is 0 Å². The molecule has 0 spiro atoms. The summed E-state index contributed by atoms with van der Waals surface area (Å²) in [6.07, 6.45) is 0.